The number of amides is 3. The van der Waals surface area contributed by atoms with E-state index in [1.807, 2.05) is 9.80 Å². The Hall–Kier alpha value is -2.35. The number of urea groups is 1. The first-order chi connectivity index (χ1) is 15.9. The summed E-state index contributed by atoms with van der Waals surface area (Å²) in [5, 5.41) is 0. The Balaban J connectivity index is 1.20. The van der Waals surface area contributed by atoms with Gasteiger partial charge in [-0.05, 0) is 81.3 Å². The summed E-state index contributed by atoms with van der Waals surface area (Å²) in [7, 11) is 3.51. The molecule has 1 spiro atoms. The fourth-order valence-electron chi connectivity index (χ4n) is 5.78. The number of benzene rings is 1. The number of hydrogen-bond acceptors (Lipinski definition) is 4. The van der Waals surface area contributed by atoms with Gasteiger partial charge in [0.25, 0.3) is 0 Å². The summed E-state index contributed by atoms with van der Waals surface area (Å²) in [6.45, 7) is 4.53. The van der Waals surface area contributed by atoms with Gasteiger partial charge in [-0.15, -0.1) is 0 Å². The molecule has 0 radical (unpaired) electrons. The lowest BCUT2D eigenvalue weighted by atomic mass is 9.74. The molecule has 0 bridgehead atoms. The average Bonchev–Trinajstić information content (AvgIpc) is 3.61. The van der Waals surface area contributed by atoms with E-state index in [0.29, 0.717) is 25.1 Å². The largest absolute Gasteiger partial charge is 0.449 e. The van der Waals surface area contributed by atoms with E-state index in [0.717, 1.165) is 63.1 Å². The monoisotopic (exact) mass is 458 g/mol. The smallest absolute Gasteiger partial charge is 0.409 e. The molecule has 1 aliphatic carbocycles. The minimum Gasteiger partial charge on any atom is -0.449 e. The Morgan fingerprint density at radius 1 is 1.09 bits per heavy atom. The molecule has 8 heteroatoms. The normalized spacial score (nSPS) is 23.0. The quantitative estimate of drug-likeness (QED) is 0.694. The number of piperidine rings is 2. The van der Waals surface area contributed by atoms with Crippen LogP contribution in [0.5, 0.6) is 0 Å². The number of hydrogen-bond donors (Lipinski definition) is 0. The van der Waals surface area contributed by atoms with Gasteiger partial charge in [0, 0.05) is 50.9 Å². The summed E-state index contributed by atoms with van der Waals surface area (Å²) in [5.74, 6) is 0.348. The van der Waals surface area contributed by atoms with E-state index < -0.39 is 0 Å². The zero-order chi connectivity index (χ0) is 23.2. The summed E-state index contributed by atoms with van der Waals surface area (Å²) in [6, 6.07) is 5.25. The summed E-state index contributed by atoms with van der Waals surface area (Å²) in [4.78, 5) is 32.9. The number of fused-ring (bicyclic) bond motifs is 2. The molecule has 0 N–H and O–H groups in total. The molecule has 4 aliphatic rings. The Morgan fingerprint density at radius 2 is 1.79 bits per heavy atom. The molecule has 33 heavy (non-hydrogen) atoms. The van der Waals surface area contributed by atoms with Crippen molar-refractivity contribution < 1.29 is 18.7 Å². The molecule has 1 aromatic rings. The zero-order valence-electron chi connectivity index (χ0n) is 19.8. The topological polar surface area (TPSA) is 56.3 Å². The minimum absolute atomic E-state index is 0.0527. The van der Waals surface area contributed by atoms with Crippen molar-refractivity contribution in [1.82, 2.24) is 14.7 Å². The van der Waals surface area contributed by atoms with E-state index >= 15 is 0 Å². The third-order valence-electron chi connectivity index (χ3n) is 8.03. The molecule has 2 saturated heterocycles. The van der Waals surface area contributed by atoms with Gasteiger partial charge in [-0.3, -0.25) is 4.90 Å². The van der Waals surface area contributed by atoms with Gasteiger partial charge in [0.15, 0.2) is 0 Å². The molecule has 5 rings (SSSR count). The van der Waals surface area contributed by atoms with Gasteiger partial charge in [-0.1, -0.05) is 0 Å². The van der Waals surface area contributed by atoms with Crippen molar-refractivity contribution in [2.24, 2.45) is 5.92 Å². The van der Waals surface area contributed by atoms with Crippen molar-refractivity contribution in [2.45, 2.75) is 50.0 Å². The second-order valence-corrected chi connectivity index (χ2v) is 10.5. The van der Waals surface area contributed by atoms with Crippen LogP contribution in [0.1, 0.15) is 44.1 Å². The molecule has 0 unspecified atom stereocenters. The van der Waals surface area contributed by atoms with Crippen molar-refractivity contribution in [1.29, 1.82) is 0 Å². The summed E-state index contributed by atoms with van der Waals surface area (Å²) < 4.78 is 19.6. The van der Waals surface area contributed by atoms with Crippen molar-refractivity contribution in [3.8, 4) is 0 Å². The highest BCUT2D eigenvalue weighted by Crippen LogP contribution is 2.48. The highest BCUT2D eigenvalue weighted by atomic mass is 19.1. The first-order valence-corrected chi connectivity index (χ1v) is 12.3. The van der Waals surface area contributed by atoms with E-state index in [9.17, 15) is 14.0 Å². The molecule has 3 fully saturated rings. The highest BCUT2D eigenvalue weighted by molar-refractivity contribution is 5.95. The van der Waals surface area contributed by atoms with Crippen LogP contribution in [0.3, 0.4) is 0 Å². The summed E-state index contributed by atoms with van der Waals surface area (Å²) in [5.41, 5.74) is 1.64. The minimum atomic E-state index is -0.240. The van der Waals surface area contributed by atoms with Crippen LogP contribution >= 0.6 is 0 Å². The van der Waals surface area contributed by atoms with Crippen LogP contribution < -0.4 is 4.90 Å². The van der Waals surface area contributed by atoms with Crippen molar-refractivity contribution in [2.75, 3.05) is 58.3 Å². The lowest BCUT2D eigenvalue weighted by Gasteiger charge is -2.45. The van der Waals surface area contributed by atoms with Crippen LogP contribution in [0.4, 0.5) is 19.7 Å². The molecule has 1 aromatic carbocycles. The van der Waals surface area contributed by atoms with Crippen molar-refractivity contribution >= 4 is 17.8 Å². The SMILES string of the molecule is CN(C)C(=O)N1CC2(CCN(C3CCN(C(=O)OCC4CC4)CC3)CC2)c2cc(F)ccc21. The van der Waals surface area contributed by atoms with Gasteiger partial charge in [-0.25, -0.2) is 14.0 Å². The number of carbonyl (C=O) groups excluding carboxylic acids is 2. The van der Waals surface area contributed by atoms with Crippen LogP contribution in [-0.4, -0.2) is 86.3 Å². The Kier molecular flexibility index (Phi) is 5.97. The number of carbonyl (C=O) groups is 2. The summed E-state index contributed by atoms with van der Waals surface area (Å²) in [6.07, 6.45) is 5.94. The first kappa shape index (κ1) is 22.4. The van der Waals surface area contributed by atoms with Gasteiger partial charge in [0.05, 0.1) is 6.61 Å². The lowest BCUT2D eigenvalue weighted by molar-refractivity contribution is 0.0548. The number of nitrogens with zero attached hydrogens (tertiary/aromatic N) is 4. The van der Waals surface area contributed by atoms with Gasteiger partial charge in [0.1, 0.15) is 5.82 Å². The van der Waals surface area contributed by atoms with Crippen molar-refractivity contribution in [3.05, 3.63) is 29.6 Å². The maximum atomic E-state index is 14.2. The number of likely N-dealkylation sites (tertiary alicyclic amines) is 2. The van der Waals surface area contributed by atoms with E-state index in [-0.39, 0.29) is 23.4 Å². The molecule has 3 amide bonds. The molecule has 0 aromatic heterocycles. The maximum absolute atomic E-state index is 14.2. The predicted molar refractivity (Wildman–Crippen MR) is 124 cm³/mol. The first-order valence-electron chi connectivity index (χ1n) is 12.3. The van der Waals surface area contributed by atoms with Crippen LogP contribution in [-0.2, 0) is 10.2 Å². The third-order valence-corrected chi connectivity index (χ3v) is 8.03. The molecule has 1 saturated carbocycles. The van der Waals surface area contributed by atoms with Crippen LogP contribution in [0, 0.1) is 11.7 Å². The van der Waals surface area contributed by atoms with Crippen LogP contribution in [0.25, 0.3) is 0 Å². The van der Waals surface area contributed by atoms with Crippen LogP contribution in [0.15, 0.2) is 18.2 Å². The van der Waals surface area contributed by atoms with Gasteiger partial charge in [-0.2, -0.15) is 0 Å². The highest BCUT2D eigenvalue weighted by Gasteiger charge is 2.47. The predicted octanol–water partition coefficient (Wildman–Crippen LogP) is 3.67. The molecule has 3 heterocycles. The third kappa shape index (κ3) is 4.42. The standard InChI is InChI=1S/C25H35FN4O3/c1-27(2)23(31)30-17-25(21-15-19(26)5-6-22(21)30)9-13-28(14-10-25)20-7-11-29(12-8-20)24(32)33-16-18-3-4-18/h5-6,15,18,20H,3-4,7-14,16-17H2,1-2H3. The fourth-order valence-corrected chi connectivity index (χ4v) is 5.78. The molecular formula is C25H35FN4O3. The number of rotatable bonds is 3. The maximum Gasteiger partial charge on any atom is 0.409 e. The van der Waals surface area contributed by atoms with Gasteiger partial charge >= 0.3 is 12.1 Å². The number of anilines is 1. The van der Waals surface area contributed by atoms with Gasteiger partial charge in [0.2, 0.25) is 0 Å². The zero-order valence-corrected chi connectivity index (χ0v) is 19.8. The van der Waals surface area contributed by atoms with E-state index in [1.54, 1.807) is 31.1 Å². The fraction of sp³-hybridized carbons (Fsp3) is 0.680. The Labute approximate surface area is 195 Å². The van der Waals surface area contributed by atoms with E-state index in [4.69, 9.17) is 4.74 Å². The number of halogens is 1. The molecule has 3 aliphatic heterocycles. The summed E-state index contributed by atoms with van der Waals surface area (Å²) >= 11 is 0. The lowest BCUT2D eigenvalue weighted by Crippen LogP contribution is -2.53. The van der Waals surface area contributed by atoms with Crippen molar-refractivity contribution in [3.63, 3.8) is 0 Å². The molecule has 180 valence electrons. The Morgan fingerprint density at radius 3 is 2.42 bits per heavy atom. The van der Waals surface area contributed by atoms with Crippen LogP contribution in [0.2, 0.25) is 0 Å². The van der Waals surface area contributed by atoms with E-state index in [1.165, 1.54) is 18.9 Å². The number of ether oxygens (including phenoxy) is 1. The molecule has 7 nitrogen and oxygen atoms in total. The average molecular weight is 459 g/mol. The Bertz CT molecular complexity index is 903. The second kappa shape index (κ2) is 8.78. The van der Waals surface area contributed by atoms with Gasteiger partial charge < -0.3 is 19.4 Å². The second-order valence-electron chi connectivity index (χ2n) is 10.5. The molecule has 0 atom stereocenters. The molecular weight excluding hydrogens is 423 g/mol. The van der Waals surface area contributed by atoms with E-state index in [2.05, 4.69) is 4.90 Å².